The van der Waals surface area contributed by atoms with Gasteiger partial charge >= 0.3 is 0 Å². The molecule has 20 heavy (non-hydrogen) atoms. The molecular weight excluding hydrogens is 252 g/mol. The fraction of sp³-hybridized carbons (Fsp3) is 0.714. The van der Waals surface area contributed by atoms with E-state index in [0.29, 0.717) is 24.1 Å². The van der Waals surface area contributed by atoms with Crippen molar-refractivity contribution in [1.29, 1.82) is 0 Å². The second-order valence-corrected chi connectivity index (χ2v) is 5.96. The molecule has 2 atom stereocenters. The van der Waals surface area contributed by atoms with E-state index >= 15 is 0 Å². The molecule has 110 valence electrons. The lowest BCUT2D eigenvalue weighted by Crippen LogP contribution is -2.52. The second kappa shape index (κ2) is 5.44. The maximum Gasteiger partial charge on any atom is 0.223 e. The van der Waals surface area contributed by atoms with Gasteiger partial charge in [-0.15, -0.1) is 0 Å². The number of hydrogen-bond acceptors (Lipinski definition) is 6. The molecule has 2 aliphatic heterocycles. The highest BCUT2D eigenvalue weighted by atomic mass is 15.2. The normalized spacial score (nSPS) is 30.0. The van der Waals surface area contributed by atoms with Gasteiger partial charge in [-0.05, 0) is 32.7 Å². The number of piperidine rings is 2. The highest BCUT2D eigenvalue weighted by Gasteiger charge is 2.35. The summed E-state index contributed by atoms with van der Waals surface area (Å²) in [5.74, 6) is 1.90. The first-order valence-corrected chi connectivity index (χ1v) is 7.46. The Morgan fingerprint density at radius 3 is 2.50 bits per heavy atom. The molecule has 2 unspecified atom stereocenters. The van der Waals surface area contributed by atoms with Crippen LogP contribution < -0.4 is 16.4 Å². The third kappa shape index (κ3) is 2.65. The molecule has 0 aromatic carbocycles. The summed E-state index contributed by atoms with van der Waals surface area (Å²) in [5, 5.41) is 6.56. The lowest BCUT2D eigenvalue weighted by atomic mass is 9.82. The predicted octanol–water partition coefficient (Wildman–Crippen LogP) is 1.53. The van der Waals surface area contributed by atoms with Crippen molar-refractivity contribution in [2.45, 2.75) is 50.2 Å². The van der Waals surface area contributed by atoms with E-state index in [1.807, 2.05) is 13.1 Å². The van der Waals surface area contributed by atoms with Crippen molar-refractivity contribution in [1.82, 2.24) is 14.9 Å². The van der Waals surface area contributed by atoms with Gasteiger partial charge < -0.3 is 21.3 Å². The van der Waals surface area contributed by atoms with Gasteiger partial charge in [0.2, 0.25) is 5.95 Å². The zero-order chi connectivity index (χ0) is 14.1. The fourth-order valence-electron chi connectivity index (χ4n) is 3.61. The average molecular weight is 276 g/mol. The molecule has 2 fully saturated rings. The minimum atomic E-state index is 0.312. The maximum atomic E-state index is 5.74. The molecule has 6 heteroatoms. The van der Waals surface area contributed by atoms with E-state index in [9.17, 15) is 0 Å². The van der Waals surface area contributed by atoms with Gasteiger partial charge in [0.1, 0.15) is 11.6 Å². The van der Waals surface area contributed by atoms with Crippen LogP contribution in [-0.2, 0) is 0 Å². The van der Waals surface area contributed by atoms with E-state index < -0.39 is 0 Å². The van der Waals surface area contributed by atoms with E-state index in [-0.39, 0.29) is 0 Å². The van der Waals surface area contributed by atoms with Gasteiger partial charge in [-0.1, -0.05) is 6.42 Å². The summed E-state index contributed by atoms with van der Waals surface area (Å²) >= 11 is 0. The van der Waals surface area contributed by atoms with Crippen LogP contribution in [-0.4, -0.2) is 47.1 Å². The third-order valence-electron chi connectivity index (χ3n) is 4.69. The van der Waals surface area contributed by atoms with Gasteiger partial charge in [0.05, 0.1) is 0 Å². The Balaban J connectivity index is 1.70. The van der Waals surface area contributed by atoms with Gasteiger partial charge in [0.15, 0.2) is 0 Å². The first-order valence-electron chi connectivity index (χ1n) is 7.46. The highest BCUT2D eigenvalue weighted by Crippen LogP contribution is 2.33. The number of nitrogens with two attached hydrogens (primary N) is 1. The number of anilines is 3. The Hall–Kier alpha value is -1.56. The third-order valence-corrected chi connectivity index (χ3v) is 4.69. The summed E-state index contributed by atoms with van der Waals surface area (Å²) in [6, 6.07) is 3.83. The van der Waals surface area contributed by atoms with Crippen LogP contribution >= 0.6 is 0 Å². The Morgan fingerprint density at radius 1 is 1.20 bits per heavy atom. The summed E-state index contributed by atoms with van der Waals surface area (Å²) < 4.78 is 0. The molecule has 0 aliphatic carbocycles. The van der Waals surface area contributed by atoms with Crippen molar-refractivity contribution in [2.24, 2.45) is 0 Å². The molecule has 0 saturated carbocycles. The quantitative estimate of drug-likeness (QED) is 0.777. The average Bonchev–Trinajstić information content (AvgIpc) is 2.39. The minimum Gasteiger partial charge on any atom is -0.373 e. The first kappa shape index (κ1) is 13.4. The predicted molar refractivity (Wildman–Crippen MR) is 81.8 cm³/mol. The molecule has 6 nitrogen and oxygen atoms in total. The minimum absolute atomic E-state index is 0.312. The van der Waals surface area contributed by atoms with E-state index in [0.717, 1.165) is 11.6 Å². The molecule has 0 amide bonds. The van der Waals surface area contributed by atoms with Gasteiger partial charge in [-0.3, -0.25) is 0 Å². The molecule has 3 rings (SSSR count). The second-order valence-electron chi connectivity index (χ2n) is 5.96. The largest absolute Gasteiger partial charge is 0.373 e. The number of nitrogens with zero attached hydrogens (tertiary/aromatic N) is 3. The van der Waals surface area contributed by atoms with E-state index in [2.05, 4.69) is 32.5 Å². The molecule has 0 spiro atoms. The molecule has 4 N–H and O–H groups in total. The number of fused-ring (bicyclic) bond motifs is 2. The van der Waals surface area contributed by atoms with Crippen LogP contribution in [0.15, 0.2) is 6.07 Å². The van der Waals surface area contributed by atoms with Gasteiger partial charge in [-0.25, -0.2) is 0 Å². The Labute approximate surface area is 120 Å². The molecule has 2 saturated heterocycles. The number of hydrogen-bond donors (Lipinski definition) is 3. The molecule has 1 aromatic heterocycles. The SMILES string of the molecule is CNc1cc(NC2CC3CCCC(C2)N3C)nc(N)n1. The molecule has 2 aliphatic rings. The fourth-order valence-corrected chi connectivity index (χ4v) is 3.61. The molecule has 0 radical (unpaired) electrons. The molecule has 1 aromatic rings. The highest BCUT2D eigenvalue weighted by molar-refractivity contribution is 5.51. The molecular formula is C14H24N6. The number of nitrogen functional groups attached to an aromatic ring is 1. The van der Waals surface area contributed by atoms with Gasteiger partial charge in [0.25, 0.3) is 0 Å². The summed E-state index contributed by atoms with van der Waals surface area (Å²) in [4.78, 5) is 11.0. The Kier molecular flexibility index (Phi) is 3.65. The van der Waals surface area contributed by atoms with Crippen LogP contribution in [0.2, 0.25) is 0 Å². The summed E-state index contributed by atoms with van der Waals surface area (Å²) in [5.41, 5.74) is 5.74. The van der Waals surface area contributed by atoms with Crippen LogP contribution in [0, 0.1) is 0 Å². The van der Waals surface area contributed by atoms with E-state index in [1.165, 1.54) is 32.1 Å². The Morgan fingerprint density at radius 2 is 1.85 bits per heavy atom. The van der Waals surface area contributed by atoms with Crippen molar-refractivity contribution >= 4 is 17.6 Å². The Bertz CT molecular complexity index is 463. The number of rotatable bonds is 3. The van der Waals surface area contributed by atoms with Crippen molar-refractivity contribution in [2.75, 3.05) is 30.5 Å². The number of nitrogens with one attached hydrogen (secondary N) is 2. The van der Waals surface area contributed by atoms with Crippen molar-refractivity contribution < 1.29 is 0 Å². The van der Waals surface area contributed by atoms with Crippen LogP contribution in [0.4, 0.5) is 17.6 Å². The van der Waals surface area contributed by atoms with Crippen LogP contribution in [0.25, 0.3) is 0 Å². The standard InChI is InChI=1S/C14H24N6/c1-16-12-8-13(19-14(15)18-12)17-9-6-10-4-3-5-11(7-9)20(10)2/h8-11H,3-7H2,1-2H3,(H4,15,16,17,18,19). The lowest BCUT2D eigenvalue weighted by molar-refractivity contribution is 0.0608. The van der Waals surface area contributed by atoms with Gasteiger partial charge in [-0.2, -0.15) is 9.97 Å². The van der Waals surface area contributed by atoms with Crippen molar-refractivity contribution in [3.05, 3.63) is 6.07 Å². The smallest absolute Gasteiger partial charge is 0.223 e. The van der Waals surface area contributed by atoms with Crippen LogP contribution in [0.3, 0.4) is 0 Å². The maximum absolute atomic E-state index is 5.74. The first-order chi connectivity index (χ1) is 9.65. The monoisotopic (exact) mass is 276 g/mol. The zero-order valence-electron chi connectivity index (χ0n) is 12.3. The summed E-state index contributed by atoms with van der Waals surface area (Å²) in [6.45, 7) is 0. The van der Waals surface area contributed by atoms with Crippen molar-refractivity contribution in [3.8, 4) is 0 Å². The van der Waals surface area contributed by atoms with E-state index in [4.69, 9.17) is 5.73 Å². The van der Waals surface area contributed by atoms with E-state index in [1.54, 1.807) is 0 Å². The molecule has 3 heterocycles. The summed E-state index contributed by atoms with van der Waals surface area (Å²) in [6.07, 6.45) is 6.38. The van der Waals surface area contributed by atoms with Crippen molar-refractivity contribution in [3.63, 3.8) is 0 Å². The molecule has 2 bridgehead atoms. The number of aromatic nitrogens is 2. The van der Waals surface area contributed by atoms with Gasteiger partial charge in [0, 0.05) is 31.2 Å². The van der Waals surface area contributed by atoms with Crippen LogP contribution in [0.5, 0.6) is 0 Å². The lowest BCUT2D eigenvalue weighted by Gasteiger charge is -2.47. The zero-order valence-corrected chi connectivity index (χ0v) is 12.3. The topological polar surface area (TPSA) is 79.1 Å². The summed E-state index contributed by atoms with van der Waals surface area (Å²) in [7, 11) is 4.11. The van der Waals surface area contributed by atoms with Crippen LogP contribution in [0.1, 0.15) is 32.1 Å².